The standard InChI is InChI=1S/C7H9BrN4O2/c8-5-3-6(12(13)14)7(11-4-5)10-2-1-9/h3-4H,1-2,9H2,(H,10,11). The molecule has 1 aromatic rings. The number of hydrogen-bond donors (Lipinski definition) is 2. The lowest BCUT2D eigenvalue weighted by Gasteiger charge is -2.03. The molecule has 0 aromatic carbocycles. The Bertz CT molecular complexity index is 344. The smallest absolute Gasteiger partial charge is 0.312 e. The van der Waals surface area contributed by atoms with E-state index in [4.69, 9.17) is 5.73 Å². The van der Waals surface area contributed by atoms with Gasteiger partial charge in [0.15, 0.2) is 0 Å². The summed E-state index contributed by atoms with van der Waals surface area (Å²) in [5.74, 6) is 0.239. The average molecular weight is 261 g/mol. The molecule has 1 rings (SSSR count). The van der Waals surface area contributed by atoms with Gasteiger partial charge in [0.2, 0.25) is 5.82 Å². The summed E-state index contributed by atoms with van der Waals surface area (Å²) in [5, 5.41) is 13.4. The van der Waals surface area contributed by atoms with E-state index in [0.29, 0.717) is 17.6 Å². The fraction of sp³-hybridized carbons (Fsp3) is 0.286. The molecule has 0 fully saturated rings. The molecular weight excluding hydrogens is 252 g/mol. The Morgan fingerprint density at radius 3 is 3.00 bits per heavy atom. The molecule has 1 heterocycles. The maximum atomic E-state index is 10.6. The molecule has 0 aliphatic carbocycles. The van der Waals surface area contributed by atoms with Crippen LogP contribution in [0.4, 0.5) is 11.5 Å². The summed E-state index contributed by atoms with van der Waals surface area (Å²) in [5.41, 5.74) is 5.20. The molecule has 0 aliphatic rings. The van der Waals surface area contributed by atoms with Gasteiger partial charge in [-0.05, 0) is 15.9 Å². The van der Waals surface area contributed by atoms with Gasteiger partial charge in [-0.3, -0.25) is 10.1 Å². The molecule has 0 unspecified atom stereocenters. The summed E-state index contributed by atoms with van der Waals surface area (Å²) in [7, 11) is 0. The molecule has 0 saturated carbocycles. The van der Waals surface area contributed by atoms with E-state index in [9.17, 15) is 10.1 Å². The third kappa shape index (κ3) is 2.64. The molecule has 0 radical (unpaired) electrons. The van der Waals surface area contributed by atoms with E-state index >= 15 is 0 Å². The zero-order valence-corrected chi connectivity index (χ0v) is 8.82. The van der Waals surface area contributed by atoms with E-state index in [0.717, 1.165) is 0 Å². The SMILES string of the molecule is NCCNc1ncc(Br)cc1[N+](=O)[O-]. The number of anilines is 1. The average Bonchev–Trinajstić information content (AvgIpc) is 2.15. The zero-order valence-electron chi connectivity index (χ0n) is 7.24. The van der Waals surface area contributed by atoms with Crippen molar-refractivity contribution in [1.82, 2.24) is 4.98 Å². The second-order valence-corrected chi connectivity index (χ2v) is 3.41. The van der Waals surface area contributed by atoms with Gasteiger partial charge in [0.25, 0.3) is 0 Å². The number of nitrogens with one attached hydrogen (secondary N) is 1. The number of nitro groups is 1. The van der Waals surface area contributed by atoms with Gasteiger partial charge in [-0.15, -0.1) is 0 Å². The number of hydrogen-bond acceptors (Lipinski definition) is 5. The molecule has 0 bridgehead atoms. The van der Waals surface area contributed by atoms with Gasteiger partial charge in [-0.2, -0.15) is 0 Å². The van der Waals surface area contributed by atoms with E-state index < -0.39 is 4.92 Å². The largest absolute Gasteiger partial charge is 0.363 e. The van der Waals surface area contributed by atoms with Gasteiger partial charge < -0.3 is 11.1 Å². The van der Waals surface area contributed by atoms with Gasteiger partial charge in [-0.25, -0.2) is 4.98 Å². The molecule has 3 N–H and O–H groups in total. The number of nitrogens with zero attached hydrogens (tertiary/aromatic N) is 2. The van der Waals surface area contributed by atoms with E-state index in [1.807, 2.05) is 0 Å². The highest BCUT2D eigenvalue weighted by Gasteiger charge is 2.14. The monoisotopic (exact) mass is 260 g/mol. The predicted octanol–water partition coefficient (Wildman–Crippen LogP) is 1.12. The molecule has 0 amide bonds. The van der Waals surface area contributed by atoms with Crippen LogP contribution in [0.5, 0.6) is 0 Å². The first kappa shape index (κ1) is 10.9. The van der Waals surface area contributed by atoms with Crippen molar-refractivity contribution in [1.29, 1.82) is 0 Å². The quantitative estimate of drug-likeness (QED) is 0.625. The second kappa shape index (κ2) is 4.87. The molecule has 76 valence electrons. The molecule has 6 nitrogen and oxygen atoms in total. The second-order valence-electron chi connectivity index (χ2n) is 2.49. The van der Waals surface area contributed by atoms with Crippen molar-refractivity contribution in [3.05, 3.63) is 26.9 Å². The van der Waals surface area contributed by atoms with Crippen molar-refractivity contribution >= 4 is 27.4 Å². The number of nitrogens with two attached hydrogens (primary N) is 1. The number of aromatic nitrogens is 1. The topological polar surface area (TPSA) is 94.1 Å². The van der Waals surface area contributed by atoms with Crippen molar-refractivity contribution in [3.8, 4) is 0 Å². The third-order valence-corrected chi connectivity index (χ3v) is 1.90. The Morgan fingerprint density at radius 1 is 1.71 bits per heavy atom. The molecule has 0 atom stereocenters. The Hall–Kier alpha value is -1.21. The lowest BCUT2D eigenvalue weighted by molar-refractivity contribution is -0.384. The van der Waals surface area contributed by atoms with Crippen molar-refractivity contribution in [2.24, 2.45) is 5.73 Å². The summed E-state index contributed by atoms with van der Waals surface area (Å²) < 4.78 is 0.572. The molecule has 0 spiro atoms. The lowest BCUT2D eigenvalue weighted by Crippen LogP contribution is -2.14. The molecular formula is C7H9BrN4O2. The van der Waals surface area contributed by atoms with Gasteiger partial charge in [0.05, 0.1) is 4.92 Å². The minimum Gasteiger partial charge on any atom is -0.363 e. The predicted molar refractivity (Wildman–Crippen MR) is 56.1 cm³/mol. The highest BCUT2D eigenvalue weighted by atomic mass is 79.9. The van der Waals surface area contributed by atoms with Gasteiger partial charge in [-0.1, -0.05) is 0 Å². The summed E-state index contributed by atoms with van der Waals surface area (Å²) in [6.07, 6.45) is 1.49. The van der Waals surface area contributed by atoms with Crippen LogP contribution in [-0.2, 0) is 0 Å². The maximum absolute atomic E-state index is 10.6. The van der Waals surface area contributed by atoms with Gasteiger partial charge in [0.1, 0.15) is 0 Å². The van der Waals surface area contributed by atoms with Crippen LogP contribution in [0.2, 0.25) is 0 Å². The van der Waals surface area contributed by atoms with Crippen LogP contribution in [0.1, 0.15) is 0 Å². The maximum Gasteiger partial charge on any atom is 0.312 e. The fourth-order valence-electron chi connectivity index (χ4n) is 0.895. The highest BCUT2D eigenvalue weighted by molar-refractivity contribution is 9.10. The van der Waals surface area contributed by atoms with Crippen molar-refractivity contribution < 1.29 is 4.92 Å². The van der Waals surface area contributed by atoms with E-state index in [2.05, 4.69) is 26.2 Å². The molecule has 1 aromatic heterocycles. The fourth-order valence-corrected chi connectivity index (χ4v) is 1.21. The zero-order chi connectivity index (χ0) is 10.6. The van der Waals surface area contributed by atoms with Gasteiger partial charge >= 0.3 is 5.69 Å². The van der Waals surface area contributed by atoms with Crippen LogP contribution in [0.15, 0.2) is 16.7 Å². The van der Waals surface area contributed by atoms with Gasteiger partial charge in [0, 0.05) is 29.8 Å². The first-order valence-electron chi connectivity index (χ1n) is 3.89. The first-order valence-corrected chi connectivity index (χ1v) is 4.68. The Kier molecular flexibility index (Phi) is 3.78. The lowest BCUT2D eigenvalue weighted by atomic mass is 10.4. The van der Waals surface area contributed by atoms with E-state index in [-0.39, 0.29) is 11.5 Å². The molecule has 7 heteroatoms. The van der Waals surface area contributed by atoms with Crippen LogP contribution < -0.4 is 11.1 Å². The number of pyridine rings is 1. The van der Waals surface area contributed by atoms with Crippen molar-refractivity contribution in [2.75, 3.05) is 18.4 Å². The van der Waals surface area contributed by atoms with Crippen LogP contribution in [-0.4, -0.2) is 23.0 Å². The summed E-state index contributed by atoms with van der Waals surface area (Å²) in [6.45, 7) is 0.852. The summed E-state index contributed by atoms with van der Waals surface area (Å²) >= 11 is 3.11. The van der Waals surface area contributed by atoms with Crippen molar-refractivity contribution in [3.63, 3.8) is 0 Å². The molecule has 14 heavy (non-hydrogen) atoms. The highest BCUT2D eigenvalue weighted by Crippen LogP contribution is 2.24. The molecule has 0 saturated heterocycles. The number of rotatable bonds is 4. The Morgan fingerprint density at radius 2 is 2.43 bits per heavy atom. The van der Waals surface area contributed by atoms with Crippen LogP contribution in [0.25, 0.3) is 0 Å². The van der Waals surface area contributed by atoms with E-state index in [1.54, 1.807) is 0 Å². The Labute approximate surface area is 88.8 Å². The summed E-state index contributed by atoms with van der Waals surface area (Å²) in [6, 6.07) is 1.39. The normalized spacial score (nSPS) is 9.86. The third-order valence-electron chi connectivity index (χ3n) is 1.47. The minimum absolute atomic E-state index is 0.0622. The van der Waals surface area contributed by atoms with Crippen LogP contribution >= 0.6 is 15.9 Å². The van der Waals surface area contributed by atoms with Crippen LogP contribution in [0, 0.1) is 10.1 Å². The first-order chi connectivity index (χ1) is 6.65. The summed E-state index contributed by atoms with van der Waals surface area (Å²) in [4.78, 5) is 14.0. The van der Waals surface area contributed by atoms with Crippen LogP contribution in [0.3, 0.4) is 0 Å². The Balaban J connectivity index is 2.96. The van der Waals surface area contributed by atoms with Crippen molar-refractivity contribution in [2.45, 2.75) is 0 Å². The van der Waals surface area contributed by atoms with E-state index in [1.165, 1.54) is 12.3 Å². The minimum atomic E-state index is -0.489. The molecule has 0 aliphatic heterocycles. The number of halogens is 1.